The van der Waals surface area contributed by atoms with Crippen molar-refractivity contribution < 1.29 is 17.8 Å². The van der Waals surface area contributed by atoms with E-state index in [4.69, 9.17) is 0 Å². The Morgan fingerprint density at radius 3 is 2.38 bits per heavy atom. The lowest BCUT2D eigenvalue weighted by molar-refractivity contribution is -0.677. The van der Waals surface area contributed by atoms with Crippen molar-refractivity contribution in [2.24, 2.45) is 7.05 Å². The maximum atomic E-state index is 12.2. The van der Waals surface area contributed by atoms with Crippen molar-refractivity contribution in [1.29, 1.82) is 0 Å². The largest absolute Gasteiger partial charge is 0.290 e. The molecule has 0 unspecified atom stereocenters. The van der Waals surface area contributed by atoms with Crippen molar-refractivity contribution in [2.45, 2.75) is 13.5 Å². The molecule has 1 aromatic heterocycles. The summed E-state index contributed by atoms with van der Waals surface area (Å²) in [6, 6.07) is 6.40. The van der Waals surface area contributed by atoms with Crippen molar-refractivity contribution >= 4 is 21.5 Å². The zero-order chi connectivity index (χ0) is 15.6. The van der Waals surface area contributed by atoms with E-state index in [2.05, 4.69) is 4.72 Å². The number of imidazole rings is 1. The third kappa shape index (κ3) is 3.91. The van der Waals surface area contributed by atoms with Gasteiger partial charge in [0.2, 0.25) is 15.8 Å². The Morgan fingerprint density at radius 2 is 1.90 bits per heavy atom. The second-order valence-electron chi connectivity index (χ2n) is 4.96. The van der Waals surface area contributed by atoms with Gasteiger partial charge in [0, 0.05) is 18.2 Å². The fraction of sp³-hybridized carbons (Fsp3) is 0.286. The second-order valence-corrected chi connectivity index (χ2v) is 6.71. The monoisotopic (exact) mass is 308 g/mol. The summed E-state index contributed by atoms with van der Waals surface area (Å²) in [5.74, 6) is 0.957. The Kier molecular flexibility index (Phi) is 4.13. The SMILES string of the molecule is Cc1n(CC(=O)c2ccc(NS(C)(=O)=O)cc2)cc[n+]1C. The van der Waals surface area contributed by atoms with Crippen LogP contribution in [0.1, 0.15) is 16.2 Å². The number of rotatable bonds is 5. The Bertz CT molecular complexity index is 761. The van der Waals surface area contributed by atoms with Crippen LogP contribution >= 0.6 is 0 Å². The summed E-state index contributed by atoms with van der Waals surface area (Å²) in [7, 11) is -1.38. The normalized spacial score (nSPS) is 11.4. The van der Waals surface area contributed by atoms with Gasteiger partial charge in [-0.05, 0) is 24.3 Å². The molecule has 2 rings (SSSR count). The molecule has 0 saturated heterocycles. The van der Waals surface area contributed by atoms with Crippen LogP contribution in [0, 0.1) is 6.92 Å². The van der Waals surface area contributed by atoms with Gasteiger partial charge in [-0.25, -0.2) is 17.6 Å². The molecule has 0 aliphatic carbocycles. The highest BCUT2D eigenvalue weighted by atomic mass is 32.2. The number of ketones is 1. The summed E-state index contributed by atoms with van der Waals surface area (Å²) in [4.78, 5) is 12.2. The van der Waals surface area contributed by atoms with Gasteiger partial charge >= 0.3 is 0 Å². The molecule has 0 saturated carbocycles. The lowest BCUT2D eigenvalue weighted by Gasteiger charge is -2.05. The quantitative estimate of drug-likeness (QED) is 0.658. The molecule has 1 aromatic carbocycles. The lowest BCUT2D eigenvalue weighted by atomic mass is 10.1. The summed E-state index contributed by atoms with van der Waals surface area (Å²) < 4.78 is 28.4. The van der Waals surface area contributed by atoms with Crippen LogP contribution in [0.15, 0.2) is 36.7 Å². The number of anilines is 1. The predicted octanol–water partition coefficient (Wildman–Crippen LogP) is 0.875. The number of benzene rings is 1. The highest BCUT2D eigenvalue weighted by molar-refractivity contribution is 7.92. The number of nitrogens with zero attached hydrogens (tertiary/aromatic N) is 2. The first-order chi connectivity index (χ1) is 9.76. The molecule has 1 N–H and O–H groups in total. The number of carbonyl (C=O) groups excluding carboxylic acids is 1. The molecule has 0 radical (unpaired) electrons. The molecule has 2 aromatic rings. The van der Waals surface area contributed by atoms with E-state index in [0.717, 1.165) is 12.1 Å². The third-order valence-electron chi connectivity index (χ3n) is 3.22. The molecule has 0 bridgehead atoms. The summed E-state index contributed by atoms with van der Waals surface area (Å²) in [5, 5.41) is 0. The van der Waals surface area contributed by atoms with E-state index in [1.165, 1.54) is 0 Å². The molecule has 1 heterocycles. The molecule has 0 aliphatic heterocycles. The maximum absolute atomic E-state index is 12.2. The lowest BCUT2D eigenvalue weighted by Crippen LogP contribution is -2.30. The third-order valence-corrected chi connectivity index (χ3v) is 3.83. The minimum Gasteiger partial charge on any atom is -0.290 e. The summed E-state index contributed by atoms with van der Waals surface area (Å²) in [6.45, 7) is 2.19. The van der Waals surface area contributed by atoms with Crippen LogP contribution in [0.5, 0.6) is 0 Å². The van der Waals surface area contributed by atoms with Gasteiger partial charge in [-0.2, -0.15) is 0 Å². The standard InChI is InChI=1S/C14H17N3O3S/c1-11-16(2)8-9-17(11)10-14(18)12-4-6-13(7-5-12)15-21(3,19)20/h4-9H,10H2,1-3H3/p+1. The molecule has 6 nitrogen and oxygen atoms in total. The average molecular weight is 308 g/mol. The van der Waals surface area contributed by atoms with Crippen LogP contribution < -0.4 is 9.29 Å². The van der Waals surface area contributed by atoms with Crippen LogP contribution in [0.2, 0.25) is 0 Å². The Hall–Kier alpha value is -2.15. The Morgan fingerprint density at radius 1 is 1.29 bits per heavy atom. The Balaban J connectivity index is 2.11. The minimum absolute atomic E-state index is 0.0276. The molecule has 0 atom stereocenters. The van der Waals surface area contributed by atoms with Crippen LogP contribution in [-0.2, 0) is 23.6 Å². The molecular formula is C14H18N3O3S+. The molecule has 0 fully saturated rings. The first-order valence-corrected chi connectivity index (χ1v) is 8.28. The van der Waals surface area contributed by atoms with E-state index in [1.807, 2.05) is 35.5 Å². The van der Waals surface area contributed by atoms with E-state index in [-0.39, 0.29) is 12.3 Å². The predicted molar refractivity (Wildman–Crippen MR) is 79.6 cm³/mol. The van der Waals surface area contributed by atoms with Gasteiger partial charge in [-0.15, -0.1) is 0 Å². The van der Waals surface area contributed by atoms with Gasteiger partial charge in [0.1, 0.15) is 12.4 Å². The zero-order valence-electron chi connectivity index (χ0n) is 12.2. The van der Waals surface area contributed by atoms with Crippen molar-refractivity contribution in [3.63, 3.8) is 0 Å². The highest BCUT2D eigenvalue weighted by Crippen LogP contribution is 2.12. The number of aromatic nitrogens is 2. The van der Waals surface area contributed by atoms with Gasteiger partial charge < -0.3 is 0 Å². The van der Waals surface area contributed by atoms with Crippen LogP contribution in [0.25, 0.3) is 0 Å². The number of nitrogens with one attached hydrogen (secondary N) is 1. The number of hydrogen-bond donors (Lipinski definition) is 1. The number of aryl methyl sites for hydroxylation is 1. The average Bonchev–Trinajstić information content (AvgIpc) is 2.69. The van der Waals surface area contributed by atoms with E-state index < -0.39 is 10.0 Å². The highest BCUT2D eigenvalue weighted by Gasteiger charge is 2.14. The number of sulfonamides is 1. The first-order valence-electron chi connectivity index (χ1n) is 6.39. The van der Waals surface area contributed by atoms with Crippen molar-refractivity contribution in [2.75, 3.05) is 11.0 Å². The van der Waals surface area contributed by atoms with E-state index in [1.54, 1.807) is 24.3 Å². The van der Waals surface area contributed by atoms with Crippen molar-refractivity contribution in [3.8, 4) is 0 Å². The summed E-state index contributed by atoms with van der Waals surface area (Å²) in [5.41, 5.74) is 0.988. The molecule has 0 aliphatic rings. The Labute approximate surface area is 124 Å². The van der Waals surface area contributed by atoms with Gasteiger partial charge in [-0.3, -0.25) is 9.52 Å². The summed E-state index contributed by atoms with van der Waals surface area (Å²) in [6.07, 6.45) is 4.83. The van der Waals surface area contributed by atoms with E-state index >= 15 is 0 Å². The molecule has 21 heavy (non-hydrogen) atoms. The minimum atomic E-state index is -3.30. The smallest absolute Gasteiger partial charge is 0.253 e. The zero-order valence-corrected chi connectivity index (χ0v) is 13.0. The van der Waals surface area contributed by atoms with E-state index in [9.17, 15) is 13.2 Å². The van der Waals surface area contributed by atoms with Crippen molar-refractivity contribution in [1.82, 2.24) is 4.57 Å². The van der Waals surface area contributed by atoms with Gasteiger partial charge in [-0.1, -0.05) is 0 Å². The maximum Gasteiger partial charge on any atom is 0.253 e. The molecule has 0 spiro atoms. The fourth-order valence-corrected chi connectivity index (χ4v) is 2.51. The topological polar surface area (TPSA) is 72.0 Å². The van der Waals surface area contributed by atoms with Gasteiger partial charge in [0.25, 0.3) is 5.82 Å². The van der Waals surface area contributed by atoms with E-state index in [0.29, 0.717) is 11.3 Å². The first kappa shape index (κ1) is 15.2. The molecule has 0 amide bonds. The fourth-order valence-electron chi connectivity index (χ4n) is 1.95. The molecule has 112 valence electrons. The number of hydrogen-bond acceptors (Lipinski definition) is 3. The number of carbonyl (C=O) groups is 1. The van der Waals surface area contributed by atoms with Crippen molar-refractivity contribution in [3.05, 3.63) is 48.0 Å². The summed E-state index contributed by atoms with van der Waals surface area (Å²) >= 11 is 0. The van der Waals surface area contributed by atoms with Crippen LogP contribution in [-0.4, -0.2) is 25.0 Å². The molecular weight excluding hydrogens is 290 g/mol. The van der Waals surface area contributed by atoms with Gasteiger partial charge in [0.05, 0.1) is 13.3 Å². The molecule has 7 heteroatoms. The van der Waals surface area contributed by atoms with Crippen LogP contribution in [0.3, 0.4) is 0 Å². The number of Topliss-reactive ketones (excluding diaryl/α,β-unsaturated/α-hetero) is 1. The van der Waals surface area contributed by atoms with Gasteiger partial charge in [0.15, 0.2) is 6.54 Å². The van der Waals surface area contributed by atoms with Crippen LogP contribution in [0.4, 0.5) is 5.69 Å². The second kappa shape index (κ2) is 5.69.